The largest absolute Gasteiger partial charge is 0.375 e. The second-order valence-electron chi connectivity index (χ2n) is 4.71. The van der Waals surface area contributed by atoms with Crippen molar-refractivity contribution in [3.63, 3.8) is 0 Å². The topological polar surface area (TPSA) is 55.4 Å². The van der Waals surface area contributed by atoms with Gasteiger partial charge in [-0.25, -0.2) is 21.9 Å². The lowest BCUT2D eigenvalue weighted by molar-refractivity contribution is 0.110. The molecular formula is C14H14ClF2NO3S2. The fourth-order valence-corrected chi connectivity index (χ4v) is 4.19. The third-order valence-electron chi connectivity index (χ3n) is 3.04. The van der Waals surface area contributed by atoms with E-state index in [-0.39, 0.29) is 12.1 Å². The fourth-order valence-electron chi connectivity index (χ4n) is 1.91. The van der Waals surface area contributed by atoms with E-state index >= 15 is 0 Å². The Morgan fingerprint density at radius 3 is 2.65 bits per heavy atom. The number of sulfonamides is 1. The number of halogens is 3. The van der Waals surface area contributed by atoms with Gasteiger partial charge in [0.25, 0.3) is 0 Å². The van der Waals surface area contributed by atoms with E-state index in [4.69, 9.17) is 16.3 Å². The Labute approximate surface area is 142 Å². The zero-order valence-electron chi connectivity index (χ0n) is 12.1. The summed E-state index contributed by atoms with van der Waals surface area (Å²) in [4.78, 5) is 0.761. The van der Waals surface area contributed by atoms with Gasteiger partial charge < -0.3 is 4.74 Å². The van der Waals surface area contributed by atoms with Gasteiger partial charge in [0, 0.05) is 24.1 Å². The summed E-state index contributed by atoms with van der Waals surface area (Å²) in [6, 6.07) is 6.11. The quantitative estimate of drug-likeness (QED) is 0.798. The van der Waals surface area contributed by atoms with Crippen LogP contribution in [-0.2, 0) is 20.5 Å². The predicted molar refractivity (Wildman–Crippen MR) is 86.1 cm³/mol. The molecule has 0 fully saturated rings. The lowest BCUT2D eigenvalue weighted by Gasteiger charge is -2.15. The number of hydrogen-bond acceptors (Lipinski definition) is 4. The first-order valence-electron chi connectivity index (χ1n) is 6.50. The fraction of sp³-hybridized carbons (Fsp3) is 0.286. The Morgan fingerprint density at radius 1 is 1.30 bits per heavy atom. The van der Waals surface area contributed by atoms with Crippen molar-refractivity contribution in [3.05, 3.63) is 56.7 Å². The molecule has 1 N–H and O–H groups in total. The molecule has 0 saturated carbocycles. The number of rotatable bonds is 7. The van der Waals surface area contributed by atoms with E-state index in [0.717, 1.165) is 23.1 Å². The maximum atomic E-state index is 13.5. The van der Waals surface area contributed by atoms with Crippen LogP contribution in [0.25, 0.3) is 0 Å². The summed E-state index contributed by atoms with van der Waals surface area (Å²) < 4.78 is 58.8. The molecule has 0 aliphatic rings. The van der Waals surface area contributed by atoms with Gasteiger partial charge in [0.05, 0.1) is 10.1 Å². The number of thiophene rings is 1. The smallest absolute Gasteiger partial charge is 0.215 e. The standard InChI is InChI=1S/C14H14ClF2NO3S2/c1-21-12(13-4-5-14(15)22-13)7-18-23(19,20)8-9-6-10(16)2-3-11(9)17/h2-6,12,18H,7-8H2,1H3/t12-/m1/s1. The zero-order valence-corrected chi connectivity index (χ0v) is 14.4. The van der Waals surface area contributed by atoms with E-state index < -0.39 is 33.5 Å². The van der Waals surface area contributed by atoms with Crippen LogP contribution < -0.4 is 4.72 Å². The predicted octanol–water partition coefficient (Wildman–Crippen LogP) is 3.49. The van der Waals surface area contributed by atoms with Gasteiger partial charge in [-0.3, -0.25) is 0 Å². The highest BCUT2D eigenvalue weighted by molar-refractivity contribution is 7.88. The van der Waals surface area contributed by atoms with Crippen LogP contribution in [0.2, 0.25) is 4.34 Å². The van der Waals surface area contributed by atoms with Crippen molar-refractivity contribution in [2.75, 3.05) is 13.7 Å². The SMILES string of the molecule is CO[C@H](CNS(=O)(=O)Cc1cc(F)ccc1F)c1ccc(Cl)s1. The van der Waals surface area contributed by atoms with Crippen LogP contribution in [-0.4, -0.2) is 22.1 Å². The van der Waals surface area contributed by atoms with E-state index in [1.165, 1.54) is 18.4 Å². The van der Waals surface area contributed by atoms with Gasteiger partial charge in [-0.2, -0.15) is 0 Å². The molecule has 0 aliphatic carbocycles. The van der Waals surface area contributed by atoms with Gasteiger partial charge in [0.15, 0.2) is 0 Å². The third kappa shape index (κ3) is 5.22. The number of nitrogens with one attached hydrogen (secondary N) is 1. The summed E-state index contributed by atoms with van der Waals surface area (Å²) >= 11 is 7.11. The normalized spacial score (nSPS) is 13.2. The van der Waals surface area contributed by atoms with Crippen LogP contribution >= 0.6 is 22.9 Å². The summed E-state index contributed by atoms with van der Waals surface area (Å²) in [5.41, 5.74) is -0.231. The molecule has 4 nitrogen and oxygen atoms in total. The van der Waals surface area contributed by atoms with Gasteiger partial charge in [-0.1, -0.05) is 11.6 Å². The van der Waals surface area contributed by atoms with Gasteiger partial charge in [0.2, 0.25) is 10.0 Å². The Kier molecular flexibility index (Phi) is 6.10. The summed E-state index contributed by atoms with van der Waals surface area (Å²) in [5, 5.41) is 0. The van der Waals surface area contributed by atoms with Crippen LogP contribution in [0.4, 0.5) is 8.78 Å². The molecule has 0 radical (unpaired) electrons. The molecular weight excluding hydrogens is 368 g/mol. The average Bonchev–Trinajstić information content (AvgIpc) is 2.90. The van der Waals surface area contributed by atoms with Crippen LogP contribution in [0, 0.1) is 11.6 Å². The second kappa shape index (κ2) is 7.67. The highest BCUT2D eigenvalue weighted by Crippen LogP contribution is 2.28. The summed E-state index contributed by atoms with van der Waals surface area (Å²) in [6.07, 6.45) is -0.514. The average molecular weight is 382 g/mol. The van der Waals surface area contributed by atoms with Crippen molar-refractivity contribution in [3.8, 4) is 0 Å². The molecule has 0 saturated heterocycles. The highest BCUT2D eigenvalue weighted by atomic mass is 35.5. The Morgan fingerprint density at radius 2 is 2.04 bits per heavy atom. The van der Waals surface area contributed by atoms with Crippen molar-refractivity contribution < 1.29 is 21.9 Å². The van der Waals surface area contributed by atoms with E-state index in [2.05, 4.69) is 4.72 Å². The van der Waals surface area contributed by atoms with Crippen LogP contribution in [0.1, 0.15) is 16.5 Å². The first-order chi connectivity index (χ1) is 10.8. The molecule has 9 heteroatoms. The summed E-state index contributed by atoms with van der Waals surface area (Å²) in [5.74, 6) is -2.12. The molecule has 1 atom stereocenters. The zero-order chi connectivity index (χ0) is 17.0. The number of ether oxygens (including phenoxy) is 1. The molecule has 0 spiro atoms. The lowest BCUT2D eigenvalue weighted by Crippen LogP contribution is -2.30. The highest BCUT2D eigenvalue weighted by Gasteiger charge is 2.19. The molecule has 0 unspecified atom stereocenters. The van der Waals surface area contributed by atoms with Crippen LogP contribution in [0.15, 0.2) is 30.3 Å². The third-order valence-corrected chi connectivity index (χ3v) is 5.66. The molecule has 1 heterocycles. The minimum Gasteiger partial charge on any atom is -0.375 e. The molecule has 126 valence electrons. The molecule has 2 rings (SSSR count). The summed E-state index contributed by atoms with van der Waals surface area (Å²) in [6.45, 7) is -0.0351. The van der Waals surface area contributed by atoms with Crippen molar-refractivity contribution >= 4 is 33.0 Å². The minimum atomic E-state index is -3.85. The van der Waals surface area contributed by atoms with Gasteiger partial charge in [-0.05, 0) is 30.3 Å². The number of benzene rings is 1. The summed E-state index contributed by atoms with van der Waals surface area (Å²) in [7, 11) is -2.40. The Hall–Kier alpha value is -1.06. The Balaban J connectivity index is 2.04. The molecule has 1 aromatic carbocycles. The molecule has 23 heavy (non-hydrogen) atoms. The van der Waals surface area contributed by atoms with Crippen molar-refractivity contribution in [2.24, 2.45) is 0 Å². The van der Waals surface area contributed by atoms with Crippen molar-refractivity contribution in [1.29, 1.82) is 0 Å². The van der Waals surface area contributed by atoms with Crippen molar-refractivity contribution in [1.82, 2.24) is 4.72 Å². The first kappa shape index (κ1) is 18.3. The molecule has 1 aromatic heterocycles. The van der Waals surface area contributed by atoms with Gasteiger partial charge >= 0.3 is 0 Å². The minimum absolute atomic E-state index is 0.0351. The monoisotopic (exact) mass is 381 g/mol. The molecule has 0 aliphatic heterocycles. The first-order valence-corrected chi connectivity index (χ1v) is 9.34. The van der Waals surface area contributed by atoms with Gasteiger partial charge in [-0.15, -0.1) is 11.3 Å². The van der Waals surface area contributed by atoms with Crippen molar-refractivity contribution in [2.45, 2.75) is 11.9 Å². The van der Waals surface area contributed by atoms with E-state index in [1.807, 2.05) is 0 Å². The van der Waals surface area contributed by atoms with Crippen LogP contribution in [0.5, 0.6) is 0 Å². The maximum absolute atomic E-state index is 13.5. The molecule has 0 bridgehead atoms. The molecule has 0 amide bonds. The number of methoxy groups -OCH3 is 1. The van der Waals surface area contributed by atoms with Crippen LogP contribution in [0.3, 0.4) is 0 Å². The van der Waals surface area contributed by atoms with E-state index in [0.29, 0.717) is 4.34 Å². The van der Waals surface area contributed by atoms with Gasteiger partial charge in [0.1, 0.15) is 17.7 Å². The lowest BCUT2D eigenvalue weighted by atomic mass is 10.2. The second-order valence-corrected chi connectivity index (χ2v) is 8.26. The van der Waals surface area contributed by atoms with E-state index in [1.54, 1.807) is 12.1 Å². The number of hydrogen-bond donors (Lipinski definition) is 1. The molecule has 2 aromatic rings. The maximum Gasteiger partial charge on any atom is 0.215 e. The van der Waals surface area contributed by atoms with E-state index in [9.17, 15) is 17.2 Å². The Bertz CT molecular complexity index is 780.